The standard InChI is InChI=1S/C33H30N2O7.ClH/c1-38-27-16-21(17-28(39-2)31(27)40-3)29-25-15-14-24(42-19-20-8-6-5-7-9-20)18-26(25)32(36)35(30(29)33(37)41-4)23-12-10-22(34)11-13-23;/h5-18H,19,34H2,1-4H3;1H. The van der Waals surface area contributed by atoms with Gasteiger partial charge in [0.2, 0.25) is 5.75 Å². The Morgan fingerprint density at radius 2 is 1.44 bits per heavy atom. The number of hydrogen-bond donors (Lipinski definition) is 1. The van der Waals surface area contributed by atoms with E-state index in [1.807, 2.05) is 30.3 Å². The molecule has 2 N–H and O–H groups in total. The number of carbonyl (C=O) groups is 1. The van der Waals surface area contributed by atoms with E-state index < -0.39 is 11.5 Å². The molecule has 222 valence electrons. The third-order valence-electron chi connectivity index (χ3n) is 6.89. The van der Waals surface area contributed by atoms with Crippen LogP contribution in [0.3, 0.4) is 0 Å². The fraction of sp³-hybridized carbons (Fsp3) is 0.152. The first-order valence-electron chi connectivity index (χ1n) is 13.0. The molecule has 0 fully saturated rings. The number of benzene rings is 4. The highest BCUT2D eigenvalue weighted by Crippen LogP contribution is 2.44. The number of nitrogens with zero attached hydrogens (tertiary/aromatic N) is 1. The van der Waals surface area contributed by atoms with Crippen LogP contribution in [0.15, 0.2) is 89.7 Å². The number of halogens is 1. The topological polar surface area (TPSA) is 111 Å². The normalized spacial score (nSPS) is 10.5. The van der Waals surface area contributed by atoms with Gasteiger partial charge in [-0.1, -0.05) is 30.3 Å². The highest BCUT2D eigenvalue weighted by molar-refractivity contribution is 6.08. The number of hydrogen-bond acceptors (Lipinski definition) is 8. The van der Waals surface area contributed by atoms with Crippen LogP contribution in [-0.2, 0) is 11.3 Å². The van der Waals surface area contributed by atoms with Gasteiger partial charge in [-0.3, -0.25) is 9.36 Å². The number of aromatic nitrogens is 1. The first kappa shape index (κ1) is 30.8. The Labute approximate surface area is 254 Å². The number of carbonyl (C=O) groups excluding carboxylic acids is 1. The molecule has 0 saturated carbocycles. The molecular formula is C33H31ClN2O7. The number of fused-ring (bicyclic) bond motifs is 1. The maximum absolute atomic E-state index is 14.2. The molecule has 0 aliphatic carbocycles. The third kappa shape index (κ3) is 5.93. The molecule has 0 radical (unpaired) electrons. The monoisotopic (exact) mass is 602 g/mol. The summed E-state index contributed by atoms with van der Waals surface area (Å²) in [4.78, 5) is 27.7. The zero-order valence-electron chi connectivity index (χ0n) is 24.1. The van der Waals surface area contributed by atoms with Crippen LogP contribution in [-0.4, -0.2) is 39.0 Å². The van der Waals surface area contributed by atoms with E-state index in [4.69, 9.17) is 29.4 Å². The molecule has 5 rings (SSSR count). The van der Waals surface area contributed by atoms with Crippen molar-refractivity contribution in [1.82, 2.24) is 4.57 Å². The summed E-state index contributed by atoms with van der Waals surface area (Å²) in [5, 5.41) is 0.835. The fourth-order valence-electron chi connectivity index (χ4n) is 4.89. The molecule has 5 aromatic rings. The summed E-state index contributed by atoms with van der Waals surface area (Å²) >= 11 is 0. The molecule has 1 aromatic heterocycles. The lowest BCUT2D eigenvalue weighted by molar-refractivity contribution is 0.0591. The van der Waals surface area contributed by atoms with Crippen molar-refractivity contribution in [3.63, 3.8) is 0 Å². The molecule has 9 nitrogen and oxygen atoms in total. The minimum Gasteiger partial charge on any atom is -0.493 e. The van der Waals surface area contributed by atoms with Gasteiger partial charge in [-0.2, -0.15) is 0 Å². The van der Waals surface area contributed by atoms with Crippen LogP contribution < -0.4 is 30.2 Å². The van der Waals surface area contributed by atoms with Crippen molar-refractivity contribution in [2.24, 2.45) is 0 Å². The van der Waals surface area contributed by atoms with Gasteiger partial charge in [0.15, 0.2) is 11.5 Å². The lowest BCUT2D eigenvalue weighted by Gasteiger charge is -2.21. The van der Waals surface area contributed by atoms with E-state index in [0.717, 1.165) is 5.56 Å². The Bertz CT molecular complexity index is 1800. The summed E-state index contributed by atoms with van der Waals surface area (Å²) in [6, 6.07) is 25.0. The van der Waals surface area contributed by atoms with Gasteiger partial charge in [0.25, 0.3) is 5.56 Å². The van der Waals surface area contributed by atoms with E-state index >= 15 is 0 Å². The number of esters is 1. The molecule has 0 amide bonds. The second-order valence-corrected chi connectivity index (χ2v) is 9.34. The van der Waals surface area contributed by atoms with Gasteiger partial charge in [-0.25, -0.2) is 4.79 Å². The molecule has 0 bridgehead atoms. The number of anilines is 1. The van der Waals surface area contributed by atoms with E-state index in [0.29, 0.717) is 62.9 Å². The fourth-order valence-corrected chi connectivity index (χ4v) is 4.89. The molecule has 10 heteroatoms. The second-order valence-electron chi connectivity index (χ2n) is 9.34. The van der Waals surface area contributed by atoms with E-state index in [2.05, 4.69) is 0 Å². The SMILES string of the molecule is COC(=O)c1c(-c2cc(OC)c(OC)c(OC)c2)c2ccc(OCc3ccccc3)cc2c(=O)n1-c1ccc(N)cc1.Cl. The average Bonchev–Trinajstić information content (AvgIpc) is 3.03. The van der Waals surface area contributed by atoms with Crippen LogP contribution in [0.25, 0.3) is 27.6 Å². The molecular weight excluding hydrogens is 572 g/mol. The van der Waals surface area contributed by atoms with Gasteiger partial charge in [0, 0.05) is 16.9 Å². The van der Waals surface area contributed by atoms with Crippen molar-refractivity contribution in [1.29, 1.82) is 0 Å². The summed E-state index contributed by atoms with van der Waals surface area (Å²) in [5.41, 5.74) is 8.42. The van der Waals surface area contributed by atoms with Gasteiger partial charge in [0.05, 0.1) is 33.8 Å². The van der Waals surface area contributed by atoms with E-state index in [9.17, 15) is 9.59 Å². The third-order valence-corrected chi connectivity index (χ3v) is 6.89. The van der Waals surface area contributed by atoms with Crippen LogP contribution in [0.5, 0.6) is 23.0 Å². The summed E-state index contributed by atoms with van der Waals surface area (Å²) in [7, 11) is 5.79. The smallest absolute Gasteiger partial charge is 0.355 e. The quantitative estimate of drug-likeness (QED) is 0.160. The predicted molar refractivity (Wildman–Crippen MR) is 168 cm³/mol. The second kappa shape index (κ2) is 13.2. The molecule has 0 aliphatic rings. The highest BCUT2D eigenvalue weighted by atomic mass is 35.5. The zero-order chi connectivity index (χ0) is 29.8. The molecule has 4 aromatic carbocycles. The van der Waals surface area contributed by atoms with Gasteiger partial charge >= 0.3 is 5.97 Å². The summed E-state index contributed by atoms with van der Waals surface area (Å²) in [5.74, 6) is 0.928. The lowest BCUT2D eigenvalue weighted by Crippen LogP contribution is -2.27. The van der Waals surface area contributed by atoms with Crippen LogP contribution in [0, 0.1) is 0 Å². The number of pyridine rings is 1. The van der Waals surface area contributed by atoms with Crippen molar-refractivity contribution in [2.45, 2.75) is 6.61 Å². The maximum atomic E-state index is 14.2. The van der Waals surface area contributed by atoms with Crippen LogP contribution in [0.1, 0.15) is 16.1 Å². The van der Waals surface area contributed by atoms with E-state index in [1.165, 1.54) is 33.0 Å². The highest BCUT2D eigenvalue weighted by Gasteiger charge is 2.27. The van der Waals surface area contributed by atoms with Crippen LogP contribution in [0.4, 0.5) is 5.69 Å². The van der Waals surface area contributed by atoms with Crippen LogP contribution in [0.2, 0.25) is 0 Å². The number of rotatable bonds is 9. The molecule has 0 unspecified atom stereocenters. The molecule has 1 heterocycles. The van der Waals surface area contributed by atoms with Crippen molar-refractivity contribution < 1.29 is 28.5 Å². The number of nitrogens with two attached hydrogens (primary N) is 1. The molecule has 0 aliphatic heterocycles. The van der Waals surface area contributed by atoms with E-state index in [1.54, 1.807) is 54.6 Å². The zero-order valence-corrected chi connectivity index (χ0v) is 24.9. The molecule has 0 saturated heterocycles. The first-order chi connectivity index (χ1) is 20.4. The van der Waals surface area contributed by atoms with Gasteiger partial charge < -0.3 is 29.4 Å². The summed E-state index contributed by atoms with van der Waals surface area (Å²) in [6.07, 6.45) is 0. The van der Waals surface area contributed by atoms with Crippen LogP contribution >= 0.6 is 12.4 Å². The Kier molecular flexibility index (Phi) is 9.47. The van der Waals surface area contributed by atoms with Gasteiger partial charge in [-0.15, -0.1) is 12.4 Å². The van der Waals surface area contributed by atoms with Gasteiger partial charge in [0.1, 0.15) is 18.1 Å². The number of nitrogen functional groups attached to an aromatic ring is 1. The van der Waals surface area contributed by atoms with Gasteiger partial charge in [-0.05, 0) is 71.1 Å². The lowest BCUT2D eigenvalue weighted by atomic mass is 9.95. The Hall–Kier alpha value is -5.15. The minimum atomic E-state index is -0.709. The van der Waals surface area contributed by atoms with E-state index in [-0.39, 0.29) is 18.1 Å². The summed E-state index contributed by atoms with van der Waals surface area (Å²) < 4.78 is 29.3. The largest absolute Gasteiger partial charge is 0.493 e. The van der Waals surface area contributed by atoms with Crippen molar-refractivity contribution in [3.05, 3.63) is 107 Å². The Balaban J connectivity index is 0.00000423. The molecule has 0 spiro atoms. The average molecular weight is 603 g/mol. The maximum Gasteiger partial charge on any atom is 0.355 e. The predicted octanol–water partition coefficient (Wildman–Crippen LogP) is 6.05. The number of methoxy groups -OCH3 is 4. The van der Waals surface area contributed by atoms with Crippen molar-refractivity contribution >= 4 is 34.8 Å². The summed E-state index contributed by atoms with van der Waals surface area (Å²) in [6.45, 7) is 0.318. The molecule has 43 heavy (non-hydrogen) atoms. The Morgan fingerprint density at radius 3 is 2.02 bits per heavy atom. The molecule has 0 atom stereocenters. The van der Waals surface area contributed by atoms with Crippen molar-refractivity contribution in [2.75, 3.05) is 34.2 Å². The first-order valence-corrected chi connectivity index (χ1v) is 13.0. The minimum absolute atomic E-state index is 0. The number of ether oxygens (including phenoxy) is 5. The Morgan fingerprint density at radius 1 is 0.791 bits per heavy atom. The van der Waals surface area contributed by atoms with Crippen molar-refractivity contribution in [3.8, 4) is 39.8 Å².